The number of benzene rings is 1. The number of thiocarbonyl (C=S) groups is 1. The molecular formula is C13H12BrNOS2. The van der Waals surface area contributed by atoms with Gasteiger partial charge in [-0.05, 0) is 30.2 Å². The number of hydrogen-bond donors (Lipinski definition) is 0. The number of amides is 1. The van der Waals surface area contributed by atoms with E-state index in [1.54, 1.807) is 4.90 Å². The highest BCUT2D eigenvalue weighted by atomic mass is 79.9. The van der Waals surface area contributed by atoms with Gasteiger partial charge in [0.05, 0.1) is 4.91 Å². The molecule has 0 aliphatic carbocycles. The van der Waals surface area contributed by atoms with Crippen LogP contribution in [-0.4, -0.2) is 21.7 Å². The van der Waals surface area contributed by atoms with Crippen molar-refractivity contribution in [2.24, 2.45) is 0 Å². The molecule has 2 nitrogen and oxygen atoms in total. The van der Waals surface area contributed by atoms with E-state index >= 15 is 0 Å². The smallest absolute Gasteiger partial charge is 0.266 e. The van der Waals surface area contributed by atoms with Crippen LogP contribution in [0.3, 0.4) is 0 Å². The molecule has 0 radical (unpaired) electrons. The maximum Gasteiger partial charge on any atom is 0.266 e. The van der Waals surface area contributed by atoms with Crippen molar-refractivity contribution < 1.29 is 4.79 Å². The third-order valence-electron chi connectivity index (χ3n) is 2.47. The topological polar surface area (TPSA) is 20.3 Å². The predicted molar refractivity (Wildman–Crippen MR) is 84.3 cm³/mol. The number of nitrogens with zero attached hydrogens (tertiary/aromatic N) is 1. The van der Waals surface area contributed by atoms with Gasteiger partial charge in [-0.25, -0.2) is 0 Å². The highest BCUT2D eigenvalue weighted by molar-refractivity contribution is 9.10. The van der Waals surface area contributed by atoms with E-state index in [1.807, 2.05) is 37.3 Å². The summed E-state index contributed by atoms with van der Waals surface area (Å²) >= 11 is 10.0. The van der Waals surface area contributed by atoms with Crippen molar-refractivity contribution in [1.82, 2.24) is 4.90 Å². The van der Waals surface area contributed by atoms with Crippen LogP contribution in [0, 0.1) is 0 Å². The van der Waals surface area contributed by atoms with Gasteiger partial charge in [-0.1, -0.05) is 59.0 Å². The monoisotopic (exact) mass is 341 g/mol. The largest absolute Gasteiger partial charge is 0.293 e. The molecule has 1 aromatic carbocycles. The predicted octanol–water partition coefficient (Wildman–Crippen LogP) is 4.06. The number of hydrogen-bond acceptors (Lipinski definition) is 3. The van der Waals surface area contributed by atoms with Crippen molar-refractivity contribution in [2.75, 3.05) is 6.54 Å². The van der Waals surface area contributed by atoms with Gasteiger partial charge in [-0.15, -0.1) is 0 Å². The van der Waals surface area contributed by atoms with Crippen molar-refractivity contribution in [1.29, 1.82) is 0 Å². The minimum absolute atomic E-state index is 0.0202. The molecule has 1 saturated heterocycles. The fraction of sp³-hybridized carbons (Fsp3) is 0.231. The van der Waals surface area contributed by atoms with Gasteiger partial charge in [0.2, 0.25) is 0 Å². The molecule has 18 heavy (non-hydrogen) atoms. The number of carbonyl (C=O) groups is 1. The van der Waals surface area contributed by atoms with E-state index in [0.29, 0.717) is 15.8 Å². The van der Waals surface area contributed by atoms with E-state index in [0.717, 1.165) is 16.5 Å². The van der Waals surface area contributed by atoms with Crippen molar-refractivity contribution in [3.05, 3.63) is 39.2 Å². The Balaban J connectivity index is 2.25. The zero-order chi connectivity index (χ0) is 13.1. The molecule has 0 atom stereocenters. The van der Waals surface area contributed by atoms with Gasteiger partial charge in [0.1, 0.15) is 4.32 Å². The Bertz CT molecular complexity index is 527. The van der Waals surface area contributed by atoms with Gasteiger partial charge in [-0.2, -0.15) is 0 Å². The van der Waals surface area contributed by atoms with E-state index in [1.165, 1.54) is 11.8 Å². The maximum atomic E-state index is 12.1. The molecule has 0 aromatic heterocycles. The van der Waals surface area contributed by atoms with Gasteiger partial charge < -0.3 is 0 Å². The normalized spacial score (nSPS) is 17.9. The summed E-state index contributed by atoms with van der Waals surface area (Å²) in [6, 6.07) is 7.85. The minimum atomic E-state index is 0.0202. The van der Waals surface area contributed by atoms with Crippen molar-refractivity contribution in [2.45, 2.75) is 13.3 Å². The van der Waals surface area contributed by atoms with Crippen LogP contribution in [-0.2, 0) is 4.79 Å². The average molecular weight is 342 g/mol. The fourth-order valence-corrected chi connectivity index (χ4v) is 3.39. The maximum absolute atomic E-state index is 12.1. The van der Waals surface area contributed by atoms with Crippen LogP contribution in [0.25, 0.3) is 6.08 Å². The highest BCUT2D eigenvalue weighted by Crippen LogP contribution is 2.32. The van der Waals surface area contributed by atoms with Crippen LogP contribution in [0.2, 0.25) is 0 Å². The van der Waals surface area contributed by atoms with Crippen molar-refractivity contribution >= 4 is 56.2 Å². The Labute approximate surface area is 125 Å². The summed E-state index contributed by atoms with van der Waals surface area (Å²) in [5.41, 5.74) is 1.00. The molecule has 1 aliphatic rings. The van der Waals surface area contributed by atoms with Crippen LogP contribution in [0.15, 0.2) is 33.6 Å². The van der Waals surface area contributed by atoms with E-state index in [4.69, 9.17) is 12.2 Å². The molecule has 0 bridgehead atoms. The fourth-order valence-electron chi connectivity index (χ4n) is 1.66. The third kappa shape index (κ3) is 3.02. The summed E-state index contributed by atoms with van der Waals surface area (Å²) in [4.78, 5) is 14.5. The van der Waals surface area contributed by atoms with Gasteiger partial charge in [0, 0.05) is 11.0 Å². The van der Waals surface area contributed by atoms with Gasteiger partial charge >= 0.3 is 0 Å². The van der Waals surface area contributed by atoms with E-state index in [2.05, 4.69) is 15.9 Å². The average Bonchev–Trinajstić information content (AvgIpc) is 2.57. The number of carbonyl (C=O) groups excluding carboxylic acids is 1. The molecule has 0 spiro atoms. The quantitative estimate of drug-likeness (QED) is 0.610. The van der Waals surface area contributed by atoms with Crippen LogP contribution in [0.5, 0.6) is 0 Å². The Morgan fingerprint density at radius 3 is 2.94 bits per heavy atom. The van der Waals surface area contributed by atoms with E-state index < -0.39 is 0 Å². The molecule has 1 aromatic rings. The van der Waals surface area contributed by atoms with Gasteiger partial charge in [-0.3, -0.25) is 9.69 Å². The van der Waals surface area contributed by atoms with Crippen LogP contribution >= 0.6 is 39.9 Å². The second kappa shape index (κ2) is 5.99. The summed E-state index contributed by atoms with van der Waals surface area (Å²) in [5, 5.41) is 0. The summed E-state index contributed by atoms with van der Waals surface area (Å²) < 4.78 is 1.66. The summed E-state index contributed by atoms with van der Waals surface area (Å²) in [6.45, 7) is 2.73. The first kappa shape index (κ1) is 13.8. The number of halogens is 1. The molecule has 1 fully saturated rings. The third-order valence-corrected chi connectivity index (χ3v) is 4.34. The molecule has 0 unspecified atom stereocenters. The second-order valence-corrected chi connectivity index (χ2v) is 6.48. The zero-order valence-corrected chi connectivity index (χ0v) is 13.1. The Morgan fingerprint density at radius 1 is 1.50 bits per heavy atom. The van der Waals surface area contributed by atoms with Crippen molar-refractivity contribution in [3.8, 4) is 0 Å². The first-order valence-corrected chi connectivity index (χ1v) is 7.64. The lowest BCUT2D eigenvalue weighted by Crippen LogP contribution is -2.28. The van der Waals surface area contributed by atoms with Crippen molar-refractivity contribution in [3.63, 3.8) is 0 Å². The van der Waals surface area contributed by atoms with E-state index in [9.17, 15) is 4.79 Å². The first-order chi connectivity index (χ1) is 8.61. The molecule has 1 heterocycles. The summed E-state index contributed by atoms with van der Waals surface area (Å²) in [5.74, 6) is 0.0202. The number of thioether (sulfide) groups is 1. The lowest BCUT2D eigenvalue weighted by Gasteiger charge is -2.11. The summed E-state index contributed by atoms with van der Waals surface area (Å²) in [6.07, 6.45) is 2.80. The lowest BCUT2D eigenvalue weighted by atomic mass is 10.2. The molecule has 1 aliphatic heterocycles. The van der Waals surface area contributed by atoms with Gasteiger partial charge in [0.15, 0.2) is 0 Å². The molecule has 0 N–H and O–H groups in total. The standard InChI is InChI=1S/C13H12BrNOS2/c1-2-6-15-12(16)11(18-13(15)17)8-9-4-3-5-10(14)7-9/h3-5,7-8H,2,6H2,1H3/b11-8-. The Hall–Kier alpha value is -0.650. The second-order valence-electron chi connectivity index (χ2n) is 3.89. The van der Waals surface area contributed by atoms with E-state index in [-0.39, 0.29) is 5.91 Å². The first-order valence-electron chi connectivity index (χ1n) is 5.62. The molecule has 2 rings (SSSR count). The molecule has 1 amide bonds. The van der Waals surface area contributed by atoms with Gasteiger partial charge in [0.25, 0.3) is 5.91 Å². The SMILES string of the molecule is CCCN1C(=O)/C(=C/c2cccc(Br)c2)SC1=S. The highest BCUT2D eigenvalue weighted by Gasteiger charge is 2.30. The van der Waals surface area contributed by atoms with Crippen LogP contribution in [0.4, 0.5) is 0 Å². The number of rotatable bonds is 3. The minimum Gasteiger partial charge on any atom is -0.293 e. The molecular weight excluding hydrogens is 330 g/mol. The summed E-state index contributed by atoms with van der Waals surface area (Å²) in [7, 11) is 0. The molecule has 0 saturated carbocycles. The zero-order valence-electron chi connectivity index (χ0n) is 9.85. The lowest BCUT2D eigenvalue weighted by molar-refractivity contribution is -0.122. The van der Waals surface area contributed by atoms with Crippen LogP contribution < -0.4 is 0 Å². The Morgan fingerprint density at radius 2 is 2.28 bits per heavy atom. The molecule has 94 valence electrons. The Kier molecular flexibility index (Phi) is 4.59. The van der Waals surface area contributed by atoms with Crippen LogP contribution in [0.1, 0.15) is 18.9 Å². The molecule has 5 heteroatoms.